The summed E-state index contributed by atoms with van der Waals surface area (Å²) in [6, 6.07) is 0. The van der Waals surface area contributed by atoms with Gasteiger partial charge in [0.2, 0.25) is 5.89 Å². The van der Waals surface area contributed by atoms with E-state index in [0.717, 1.165) is 0 Å². The zero-order chi connectivity index (χ0) is 11.1. The predicted octanol–water partition coefficient (Wildman–Crippen LogP) is -0.397. The molecule has 0 unspecified atom stereocenters. The van der Waals surface area contributed by atoms with Crippen molar-refractivity contribution >= 4 is 5.97 Å². The van der Waals surface area contributed by atoms with E-state index in [1.165, 1.54) is 6.33 Å². The Bertz CT molecular complexity index is 288. The van der Waals surface area contributed by atoms with Gasteiger partial charge in [0.1, 0.15) is 0 Å². The first kappa shape index (κ1) is 11.6. The number of carbonyl (C=O) groups is 1. The molecule has 7 heteroatoms. The third-order valence-electron chi connectivity index (χ3n) is 1.74. The lowest BCUT2D eigenvalue weighted by Gasteiger charge is -2.16. The molecule has 15 heavy (non-hydrogen) atoms. The number of rotatable bonds is 7. The summed E-state index contributed by atoms with van der Waals surface area (Å²) < 4.78 is 9.66. The molecule has 0 saturated heterocycles. The Morgan fingerprint density at radius 1 is 1.73 bits per heavy atom. The van der Waals surface area contributed by atoms with Gasteiger partial charge in [0, 0.05) is 13.7 Å². The Balaban J connectivity index is 2.44. The topological polar surface area (TPSA) is 88.7 Å². The van der Waals surface area contributed by atoms with Crippen molar-refractivity contribution in [2.75, 3.05) is 26.8 Å². The molecule has 0 aromatic carbocycles. The van der Waals surface area contributed by atoms with Crippen LogP contribution in [-0.2, 0) is 16.1 Å². The number of hydrogen-bond donors (Lipinski definition) is 1. The Hall–Kier alpha value is -1.47. The molecule has 0 bridgehead atoms. The molecule has 0 fully saturated rings. The third-order valence-corrected chi connectivity index (χ3v) is 1.74. The van der Waals surface area contributed by atoms with Gasteiger partial charge in [-0.25, -0.2) is 0 Å². The maximum absolute atomic E-state index is 10.6. The van der Waals surface area contributed by atoms with Crippen molar-refractivity contribution in [3.63, 3.8) is 0 Å². The van der Waals surface area contributed by atoms with E-state index < -0.39 is 5.97 Å². The van der Waals surface area contributed by atoms with Gasteiger partial charge in [0.15, 0.2) is 6.33 Å². The van der Waals surface area contributed by atoms with Gasteiger partial charge < -0.3 is 14.4 Å². The van der Waals surface area contributed by atoms with Gasteiger partial charge in [0.25, 0.3) is 0 Å². The van der Waals surface area contributed by atoms with Gasteiger partial charge in [-0.05, 0) is 0 Å². The van der Waals surface area contributed by atoms with Crippen LogP contribution in [0.5, 0.6) is 0 Å². The maximum Gasteiger partial charge on any atom is 0.317 e. The normalized spacial score (nSPS) is 10.8. The molecule has 1 aromatic heterocycles. The van der Waals surface area contributed by atoms with Gasteiger partial charge in [-0.3, -0.25) is 9.69 Å². The maximum atomic E-state index is 10.6. The highest BCUT2D eigenvalue weighted by atomic mass is 16.5. The number of aromatic nitrogens is 2. The Kier molecular flexibility index (Phi) is 4.72. The molecule has 1 N–H and O–H groups in total. The summed E-state index contributed by atoms with van der Waals surface area (Å²) in [6.07, 6.45) is 1.28. The van der Waals surface area contributed by atoms with Gasteiger partial charge >= 0.3 is 5.97 Å². The van der Waals surface area contributed by atoms with Crippen molar-refractivity contribution in [2.24, 2.45) is 0 Å². The van der Waals surface area contributed by atoms with Crippen LogP contribution in [0.3, 0.4) is 0 Å². The zero-order valence-electron chi connectivity index (χ0n) is 8.42. The molecule has 84 valence electrons. The van der Waals surface area contributed by atoms with Crippen LogP contribution in [0.1, 0.15) is 5.89 Å². The summed E-state index contributed by atoms with van der Waals surface area (Å²) in [7, 11) is 1.56. The summed E-state index contributed by atoms with van der Waals surface area (Å²) in [5.74, 6) is -0.502. The molecule has 0 aliphatic carbocycles. The molecule has 0 radical (unpaired) electrons. The van der Waals surface area contributed by atoms with Crippen LogP contribution >= 0.6 is 0 Å². The Labute approximate surface area is 86.6 Å². The highest BCUT2D eigenvalue weighted by molar-refractivity contribution is 5.69. The fourth-order valence-electron chi connectivity index (χ4n) is 1.08. The largest absolute Gasteiger partial charge is 0.480 e. The van der Waals surface area contributed by atoms with Gasteiger partial charge in [0.05, 0.1) is 19.7 Å². The number of ether oxygens (including phenoxy) is 1. The Morgan fingerprint density at radius 3 is 3.07 bits per heavy atom. The molecular formula is C8H13N3O4. The standard InChI is InChI=1S/C8H13N3O4/c1-14-3-2-11(5-8(12)13)4-7-9-6-10-15-7/h6H,2-5H2,1H3,(H,12,13). The molecule has 1 aromatic rings. The van der Waals surface area contributed by atoms with Crippen LogP contribution in [0.25, 0.3) is 0 Å². The number of methoxy groups -OCH3 is 1. The van der Waals surface area contributed by atoms with E-state index in [0.29, 0.717) is 25.6 Å². The number of aliphatic carboxylic acids is 1. The van der Waals surface area contributed by atoms with E-state index >= 15 is 0 Å². The lowest BCUT2D eigenvalue weighted by molar-refractivity contribution is -0.138. The van der Waals surface area contributed by atoms with Crippen LogP contribution in [0.2, 0.25) is 0 Å². The monoisotopic (exact) mass is 215 g/mol. The molecule has 1 rings (SSSR count). The van der Waals surface area contributed by atoms with E-state index in [9.17, 15) is 4.79 Å². The van der Waals surface area contributed by atoms with E-state index in [1.807, 2.05) is 0 Å². The quantitative estimate of drug-likeness (QED) is 0.662. The third kappa shape index (κ3) is 4.52. The lowest BCUT2D eigenvalue weighted by Crippen LogP contribution is -2.32. The molecule has 0 amide bonds. The summed E-state index contributed by atoms with van der Waals surface area (Å²) in [5.41, 5.74) is 0. The first-order chi connectivity index (χ1) is 7.22. The molecule has 1 heterocycles. The second-order valence-electron chi connectivity index (χ2n) is 2.93. The van der Waals surface area contributed by atoms with Gasteiger partial charge in [-0.1, -0.05) is 5.16 Å². The summed E-state index contributed by atoms with van der Waals surface area (Å²) in [5, 5.41) is 12.1. The molecular weight excluding hydrogens is 202 g/mol. The minimum absolute atomic E-state index is 0.0776. The van der Waals surface area contributed by atoms with E-state index in [2.05, 4.69) is 10.1 Å². The molecule has 0 spiro atoms. The highest BCUT2D eigenvalue weighted by Gasteiger charge is 2.12. The first-order valence-electron chi connectivity index (χ1n) is 4.41. The van der Waals surface area contributed by atoms with Crippen LogP contribution < -0.4 is 0 Å². The number of hydrogen-bond acceptors (Lipinski definition) is 6. The van der Waals surface area contributed by atoms with Crippen LogP contribution in [0.4, 0.5) is 0 Å². The fourth-order valence-corrected chi connectivity index (χ4v) is 1.08. The average molecular weight is 215 g/mol. The smallest absolute Gasteiger partial charge is 0.317 e. The van der Waals surface area contributed by atoms with Crippen molar-refractivity contribution in [3.8, 4) is 0 Å². The Morgan fingerprint density at radius 2 is 2.53 bits per heavy atom. The lowest BCUT2D eigenvalue weighted by atomic mass is 10.4. The van der Waals surface area contributed by atoms with E-state index in [-0.39, 0.29) is 6.54 Å². The van der Waals surface area contributed by atoms with Gasteiger partial charge in [-0.15, -0.1) is 0 Å². The minimum Gasteiger partial charge on any atom is -0.480 e. The second-order valence-corrected chi connectivity index (χ2v) is 2.93. The molecule has 7 nitrogen and oxygen atoms in total. The second kappa shape index (κ2) is 6.10. The van der Waals surface area contributed by atoms with E-state index in [4.69, 9.17) is 14.4 Å². The van der Waals surface area contributed by atoms with Crippen molar-refractivity contribution in [2.45, 2.75) is 6.54 Å². The molecule has 0 atom stereocenters. The fraction of sp³-hybridized carbons (Fsp3) is 0.625. The first-order valence-corrected chi connectivity index (χ1v) is 4.41. The molecule has 0 aliphatic heterocycles. The zero-order valence-corrected chi connectivity index (χ0v) is 8.42. The average Bonchev–Trinajstić information content (AvgIpc) is 2.66. The molecule has 0 aliphatic rings. The minimum atomic E-state index is -0.898. The van der Waals surface area contributed by atoms with Crippen LogP contribution in [-0.4, -0.2) is 52.9 Å². The predicted molar refractivity (Wildman–Crippen MR) is 49.1 cm³/mol. The van der Waals surface area contributed by atoms with Crippen LogP contribution in [0, 0.1) is 0 Å². The van der Waals surface area contributed by atoms with Crippen molar-refractivity contribution in [1.29, 1.82) is 0 Å². The van der Waals surface area contributed by atoms with Crippen molar-refractivity contribution in [3.05, 3.63) is 12.2 Å². The molecule has 0 saturated carbocycles. The number of nitrogens with zero attached hydrogens (tertiary/aromatic N) is 3. The summed E-state index contributed by atoms with van der Waals surface area (Å²) in [4.78, 5) is 16.0. The number of carboxylic acid groups (broad SMARTS) is 1. The number of carboxylic acids is 1. The van der Waals surface area contributed by atoms with Crippen molar-refractivity contribution < 1.29 is 19.2 Å². The summed E-state index contributed by atoms with van der Waals surface area (Å²) >= 11 is 0. The van der Waals surface area contributed by atoms with Gasteiger partial charge in [-0.2, -0.15) is 4.98 Å². The summed E-state index contributed by atoms with van der Waals surface area (Å²) in [6.45, 7) is 1.20. The van der Waals surface area contributed by atoms with Crippen LogP contribution in [0.15, 0.2) is 10.9 Å². The highest BCUT2D eigenvalue weighted by Crippen LogP contribution is 1.99. The SMILES string of the molecule is COCCN(CC(=O)O)Cc1ncno1. The van der Waals surface area contributed by atoms with Crippen molar-refractivity contribution in [1.82, 2.24) is 15.0 Å². The van der Waals surface area contributed by atoms with E-state index in [1.54, 1.807) is 12.0 Å².